The molecule has 2 heterocycles. The van der Waals surface area contributed by atoms with Crippen LogP contribution in [0.5, 0.6) is 0 Å². The van der Waals surface area contributed by atoms with Gasteiger partial charge in [0.1, 0.15) is 11.6 Å². The van der Waals surface area contributed by atoms with Crippen molar-refractivity contribution in [1.82, 2.24) is 10.3 Å². The molecule has 1 aromatic heterocycles. The summed E-state index contributed by atoms with van der Waals surface area (Å²) in [4.78, 5) is 4.37. The topological polar surface area (TPSA) is 37.0 Å². The van der Waals surface area contributed by atoms with Gasteiger partial charge in [-0.1, -0.05) is 0 Å². The molecule has 2 aromatic rings. The summed E-state index contributed by atoms with van der Waals surface area (Å²) in [6.45, 7) is 3.10. The summed E-state index contributed by atoms with van der Waals surface area (Å²) in [6, 6.07) is 6.66. The summed E-state index contributed by atoms with van der Waals surface area (Å²) in [5, 5.41) is 8.68. The Balaban J connectivity index is 1.76. The van der Waals surface area contributed by atoms with Gasteiger partial charge in [-0.3, -0.25) is 0 Å². The van der Waals surface area contributed by atoms with Crippen LogP contribution < -0.4 is 10.6 Å². The number of piperidine rings is 1. The second-order valence-corrected chi connectivity index (χ2v) is 5.12. The number of hydrogen-bond donors (Lipinski definition) is 2. The van der Waals surface area contributed by atoms with Crippen molar-refractivity contribution in [2.45, 2.75) is 12.8 Å². The third kappa shape index (κ3) is 2.84. The molecule has 1 atom stereocenters. The minimum absolute atomic E-state index is 0.207. The highest BCUT2D eigenvalue weighted by Gasteiger charge is 2.13. The van der Waals surface area contributed by atoms with E-state index in [-0.39, 0.29) is 5.82 Å². The number of hydrogen-bond acceptors (Lipinski definition) is 3. The molecule has 0 saturated carbocycles. The minimum atomic E-state index is -0.207. The van der Waals surface area contributed by atoms with Gasteiger partial charge < -0.3 is 10.6 Å². The van der Waals surface area contributed by atoms with E-state index in [2.05, 4.69) is 15.6 Å². The summed E-state index contributed by atoms with van der Waals surface area (Å²) in [6.07, 6.45) is 4.21. The lowest BCUT2D eigenvalue weighted by Crippen LogP contribution is -2.33. The second kappa shape index (κ2) is 5.53. The molecule has 4 heteroatoms. The lowest BCUT2D eigenvalue weighted by atomic mass is 10.00. The van der Waals surface area contributed by atoms with E-state index in [1.807, 2.05) is 6.07 Å². The first-order valence-corrected chi connectivity index (χ1v) is 6.82. The molecule has 1 aromatic carbocycles. The van der Waals surface area contributed by atoms with Gasteiger partial charge in [-0.25, -0.2) is 9.37 Å². The van der Waals surface area contributed by atoms with Crippen molar-refractivity contribution in [3.63, 3.8) is 0 Å². The zero-order valence-corrected chi connectivity index (χ0v) is 10.8. The molecule has 0 spiro atoms. The largest absolute Gasteiger partial charge is 0.369 e. The van der Waals surface area contributed by atoms with Crippen molar-refractivity contribution < 1.29 is 4.39 Å². The van der Waals surface area contributed by atoms with E-state index in [0.717, 1.165) is 36.2 Å². The predicted octanol–water partition coefficient (Wildman–Crippen LogP) is 2.79. The summed E-state index contributed by atoms with van der Waals surface area (Å²) < 4.78 is 13.2. The van der Waals surface area contributed by atoms with Crippen LogP contribution in [0.2, 0.25) is 0 Å². The van der Waals surface area contributed by atoms with Crippen LogP contribution in [0.25, 0.3) is 10.8 Å². The summed E-state index contributed by atoms with van der Waals surface area (Å²) in [5.74, 6) is 1.29. The maximum Gasteiger partial charge on any atom is 0.133 e. The number of nitrogens with one attached hydrogen (secondary N) is 2. The number of rotatable bonds is 3. The number of aromatic nitrogens is 1. The van der Waals surface area contributed by atoms with Gasteiger partial charge in [0.15, 0.2) is 0 Å². The van der Waals surface area contributed by atoms with Crippen LogP contribution in [0.3, 0.4) is 0 Å². The van der Waals surface area contributed by atoms with Gasteiger partial charge in [0.2, 0.25) is 0 Å². The van der Waals surface area contributed by atoms with E-state index in [0.29, 0.717) is 5.92 Å². The highest BCUT2D eigenvalue weighted by Crippen LogP contribution is 2.22. The third-order valence-corrected chi connectivity index (χ3v) is 3.68. The standard InChI is InChI=1S/C15H18FN3/c16-13-3-4-14-12(8-13)5-7-18-15(14)19-10-11-2-1-6-17-9-11/h3-5,7-8,11,17H,1-2,6,9-10H2,(H,18,19). The fraction of sp³-hybridized carbons (Fsp3) is 0.400. The highest BCUT2D eigenvalue weighted by atomic mass is 19.1. The zero-order chi connectivity index (χ0) is 13.1. The maximum atomic E-state index is 13.2. The molecule has 1 saturated heterocycles. The molecular weight excluding hydrogens is 241 g/mol. The Hall–Kier alpha value is -1.68. The molecule has 0 bridgehead atoms. The van der Waals surface area contributed by atoms with E-state index in [9.17, 15) is 4.39 Å². The Morgan fingerprint density at radius 2 is 2.32 bits per heavy atom. The van der Waals surface area contributed by atoms with Crippen LogP contribution in [-0.2, 0) is 0 Å². The van der Waals surface area contributed by atoms with Crippen molar-refractivity contribution >= 4 is 16.6 Å². The summed E-state index contributed by atoms with van der Waals surface area (Å²) in [5.41, 5.74) is 0. The molecular formula is C15H18FN3. The molecule has 3 rings (SSSR count). The average Bonchev–Trinajstić information content (AvgIpc) is 2.45. The number of anilines is 1. The smallest absolute Gasteiger partial charge is 0.133 e. The third-order valence-electron chi connectivity index (χ3n) is 3.68. The number of nitrogens with zero attached hydrogens (tertiary/aromatic N) is 1. The molecule has 0 radical (unpaired) electrons. The highest BCUT2D eigenvalue weighted by molar-refractivity contribution is 5.91. The van der Waals surface area contributed by atoms with E-state index < -0.39 is 0 Å². The minimum Gasteiger partial charge on any atom is -0.369 e. The van der Waals surface area contributed by atoms with Crippen molar-refractivity contribution in [2.24, 2.45) is 5.92 Å². The lowest BCUT2D eigenvalue weighted by Gasteiger charge is -2.23. The van der Waals surface area contributed by atoms with Crippen molar-refractivity contribution in [3.05, 3.63) is 36.3 Å². The molecule has 19 heavy (non-hydrogen) atoms. The number of fused-ring (bicyclic) bond motifs is 1. The maximum absolute atomic E-state index is 13.2. The van der Waals surface area contributed by atoms with Gasteiger partial charge in [-0.2, -0.15) is 0 Å². The van der Waals surface area contributed by atoms with E-state index in [1.165, 1.54) is 18.9 Å². The summed E-state index contributed by atoms with van der Waals surface area (Å²) in [7, 11) is 0. The van der Waals surface area contributed by atoms with Crippen molar-refractivity contribution in [1.29, 1.82) is 0 Å². The average molecular weight is 259 g/mol. The van der Waals surface area contributed by atoms with E-state index in [4.69, 9.17) is 0 Å². The fourth-order valence-corrected chi connectivity index (χ4v) is 2.63. The normalized spacial score (nSPS) is 19.5. The Bertz CT molecular complexity index is 564. The molecule has 3 nitrogen and oxygen atoms in total. The lowest BCUT2D eigenvalue weighted by molar-refractivity contribution is 0.393. The summed E-state index contributed by atoms with van der Waals surface area (Å²) >= 11 is 0. The SMILES string of the molecule is Fc1ccc2c(NCC3CCCNC3)nccc2c1. The Morgan fingerprint density at radius 3 is 3.16 bits per heavy atom. The first-order valence-electron chi connectivity index (χ1n) is 6.82. The first-order chi connectivity index (χ1) is 9.33. The molecule has 1 aliphatic heterocycles. The number of pyridine rings is 1. The number of halogens is 1. The van der Waals surface area contributed by atoms with Crippen LogP contribution in [0.15, 0.2) is 30.5 Å². The monoisotopic (exact) mass is 259 g/mol. The zero-order valence-electron chi connectivity index (χ0n) is 10.8. The van der Waals surface area contributed by atoms with Crippen LogP contribution in [0, 0.1) is 11.7 Å². The molecule has 0 amide bonds. The fourth-order valence-electron chi connectivity index (χ4n) is 2.63. The van der Waals surface area contributed by atoms with Crippen LogP contribution >= 0.6 is 0 Å². The molecule has 1 aliphatic rings. The van der Waals surface area contributed by atoms with Gasteiger partial charge in [0, 0.05) is 18.1 Å². The van der Waals surface area contributed by atoms with E-state index in [1.54, 1.807) is 18.3 Å². The van der Waals surface area contributed by atoms with Crippen LogP contribution in [0.1, 0.15) is 12.8 Å². The van der Waals surface area contributed by atoms with Gasteiger partial charge >= 0.3 is 0 Å². The molecule has 1 unspecified atom stereocenters. The van der Waals surface area contributed by atoms with Crippen LogP contribution in [-0.4, -0.2) is 24.6 Å². The molecule has 100 valence electrons. The predicted molar refractivity (Wildman–Crippen MR) is 75.8 cm³/mol. The van der Waals surface area contributed by atoms with Gasteiger partial charge in [-0.05, 0) is 61.5 Å². The quantitative estimate of drug-likeness (QED) is 0.890. The Morgan fingerprint density at radius 1 is 1.37 bits per heavy atom. The van der Waals surface area contributed by atoms with Crippen molar-refractivity contribution in [3.8, 4) is 0 Å². The van der Waals surface area contributed by atoms with Gasteiger partial charge in [0.05, 0.1) is 0 Å². The molecule has 2 N–H and O–H groups in total. The second-order valence-electron chi connectivity index (χ2n) is 5.12. The Labute approximate surface area is 112 Å². The Kier molecular flexibility index (Phi) is 3.60. The molecule has 0 aliphatic carbocycles. The van der Waals surface area contributed by atoms with Gasteiger partial charge in [-0.15, -0.1) is 0 Å². The van der Waals surface area contributed by atoms with Crippen molar-refractivity contribution in [2.75, 3.05) is 25.0 Å². The first kappa shape index (κ1) is 12.4. The van der Waals surface area contributed by atoms with Crippen LogP contribution in [0.4, 0.5) is 10.2 Å². The number of benzene rings is 1. The van der Waals surface area contributed by atoms with Gasteiger partial charge in [0.25, 0.3) is 0 Å². The molecule has 1 fully saturated rings. The van der Waals surface area contributed by atoms with E-state index >= 15 is 0 Å².